The maximum atomic E-state index is 12.3. The van der Waals surface area contributed by atoms with Crippen LogP contribution in [0.3, 0.4) is 0 Å². The Labute approximate surface area is 122 Å². The summed E-state index contributed by atoms with van der Waals surface area (Å²) in [6.45, 7) is 6.56. The van der Waals surface area contributed by atoms with Gasteiger partial charge in [-0.05, 0) is 49.9 Å². The molecule has 0 N–H and O–H groups in total. The van der Waals surface area contributed by atoms with Crippen molar-refractivity contribution in [2.75, 3.05) is 0 Å². The second-order valence-electron chi connectivity index (χ2n) is 7.94. The number of hydrogen-bond donors (Lipinski definition) is 0. The summed E-state index contributed by atoms with van der Waals surface area (Å²) in [5.74, 6) is 0.809. The van der Waals surface area contributed by atoms with Crippen LogP contribution in [0.25, 0.3) is 0 Å². The van der Waals surface area contributed by atoms with Crippen LogP contribution in [0, 0.1) is 22.2 Å². The highest BCUT2D eigenvalue weighted by atomic mass is 16.1. The van der Waals surface area contributed by atoms with E-state index in [-0.39, 0.29) is 16.2 Å². The molecule has 0 bridgehead atoms. The van der Waals surface area contributed by atoms with Crippen LogP contribution in [-0.2, 0) is 9.59 Å². The van der Waals surface area contributed by atoms with Crippen molar-refractivity contribution in [3.05, 3.63) is 11.6 Å². The summed E-state index contributed by atoms with van der Waals surface area (Å²) in [7, 11) is 0. The number of allylic oxidation sites excluding steroid dienone is 2. The molecule has 20 heavy (non-hydrogen) atoms. The molecule has 110 valence electrons. The average molecular weight is 274 g/mol. The fourth-order valence-corrected chi connectivity index (χ4v) is 5.51. The van der Waals surface area contributed by atoms with Gasteiger partial charge in [-0.1, -0.05) is 32.4 Å². The van der Waals surface area contributed by atoms with Crippen LogP contribution < -0.4 is 0 Å². The molecule has 2 saturated carbocycles. The van der Waals surface area contributed by atoms with E-state index in [2.05, 4.69) is 26.8 Å². The van der Waals surface area contributed by atoms with E-state index in [1.807, 2.05) is 0 Å². The molecule has 0 aromatic rings. The third kappa shape index (κ3) is 1.63. The quantitative estimate of drug-likeness (QED) is 0.533. The van der Waals surface area contributed by atoms with E-state index < -0.39 is 0 Å². The van der Waals surface area contributed by atoms with E-state index in [4.69, 9.17) is 0 Å². The molecule has 0 amide bonds. The Balaban J connectivity index is 2.09. The molecule has 0 heterocycles. The Hall–Kier alpha value is -0.920. The number of carbonyl (C=O) groups excluding carboxylic acids is 2. The summed E-state index contributed by atoms with van der Waals surface area (Å²) < 4.78 is 0. The molecule has 2 fully saturated rings. The molecule has 3 aliphatic carbocycles. The summed E-state index contributed by atoms with van der Waals surface area (Å²) >= 11 is 0. The van der Waals surface area contributed by atoms with Crippen molar-refractivity contribution in [2.24, 2.45) is 22.2 Å². The lowest BCUT2D eigenvalue weighted by Gasteiger charge is -2.59. The van der Waals surface area contributed by atoms with Gasteiger partial charge in [0.2, 0.25) is 0 Å². The normalized spacial score (nSPS) is 43.2. The number of hydrogen-bond acceptors (Lipinski definition) is 2. The van der Waals surface area contributed by atoms with E-state index >= 15 is 0 Å². The number of rotatable bonds is 1. The maximum absolute atomic E-state index is 12.3. The molecule has 2 heteroatoms. The first kappa shape index (κ1) is 14.0. The van der Waals surface area contributed by atoms with Crippen molar-refractivity contribution < 1.29 is 9.59 Å². The predicted molar refractivity (Wildman–Crippen MR) is 79.3 cm³/mol. The van der Waals surface area contributed by atoms with Gasteiger partial charge in [-0.25, -0.2) is 0 Å². The monoisotopic (exact) mass is 274 g/mol. The molecule has 0 spiro atoms. The topological polar surface area (TPSA) is 34.1 Å². The molecular formula is C18H26O2. The van der Waals surface area contributed by atoms with Crippen molar-refractivity contribution in [3.8, 4) is 0 Å². The summed E-state index contributed by atoms with van der Waals surface area (Å²) in [6, 6.07) is 0. The standard InChI is InChI=1S/C18H26O2/c1-16(2)13-7-11-18(12-19)9-5-4-6-14(18)17(13,3)10-8-15(16)20/h6,12-13H,4-5,7-11H2,1-3H3/t13-,17-,18+/m0/s1. The minimum absolute atomic E-state index is 0.0526. The lowest BCUT2D eigenvalue weighted by molar-refractivity contribution is -0.142. The fraction of sp³-hybridized carbons (Fsp3) is 0.778. The molecule has 2 nitrogen and oxygen atoms in total. The van der Waals surface area contributed by atoms with Crippen LogP contribution in [-0.4, -0.2) is 12.1 Å². The number of carbonyl (C=O) groups is 2. The average Bonchev–Trinajstić information content (AvgIpc) is 2.43. The first-order valence-electron chi connectivity index (χ1n) is 8.08. The first-order valence-corrected chi connectivity index (χ1v) is 8.08. The van der Waals surface area contributed by atoms with Crippen molar-refractivity contribution >= 4 is 12.1 Å². The molecule has 0 aromatic heterocycles. The van der Waals surface area contributed by atoms with Gasteiger partial charge in [-0.2, -0.15) is 0 Å². The summed E-state index contributed by atoms with van der Waals surface area (Å²) in [6.07, 6.45) is 10.4. The van der Waals surface area contributed by atoms with E-state index in [0.29, 0.717) is 18.1 Å². The van der Waals surface area contributed by atoms with E-state index in [9.17, 15) is 9.59 Å². The zero-order valence-electron chi connectivity index (χ0n) is 13.0. The van der Waals surface area contributed by atoms with E-state index in [0.717, 1.165) is 38.5 Å². The first-order chi connectivity index (χ1) is 9.37. The minimum atomic E-state index is -0.236. The number of aldehydes is 1. The van der Waals surface area contributed by atoms with Crippen LogP contribution in [0.4, 0.5) is 0 Å². The van der Waals surface area contributed by atoms with Gasteiger partial charge in [-0.3, -0.25) is 4.79 Å². The van der Waals surface area contributed by atoms with Crippen LogP contribution in [0.15, 0.2) is 11.6 Å². The fourth-order valence-electron chi connectivity index (χ4n) is 5.51. The molecular weight excluding hydrogens is 248 g/mol. The van der Waals surface area contributed by atoms with Crippen LogP contribution in [0.5, 0.6) is 0 Å². The largest absolute Gasteiger partial charge is 0.302 e. The van der Waals surface area contributed by atoms with Gasteiger partial charge in [0.25, 0.3) is 0 Å². The van der Waals surface area contributed by atoms with Crippen LogP contribution in [0.1, 0.15) is 65.7 Å². The van der Waals surface area contributed by atoms with E-state index in [1.165, 1.54) is 11.9 Å². The second kappa shape index (κ2) is 4.29. The Bertz CT molecular complexity index is 488. The molecule has 0 radical (unpaired) electrons. The molecule has 3 aliphatic rings. The third-order valence-corrected chi connectivity index (χ3v) is 6.66. The van der Waals surface area contributed by atoms with Gasteiger partial charge in [0.05, 0.1) is 0 Å². The van der Waals surface area contributed by atoms with Gasteiger partial charge in [0.1, 0.15) is 12.1 Å². The number of ketones is 1. The van der Waals surface area contributed by atoms with Crippen molar-refractivity contribution in [3.63, 3.8) is 0 Å². The minimum Gasteiger partial charge on any atom is -0.302 e. The Morgan fingerprint density at radius 1 is 1.20 bits per heavy atom. The predicted octanol–water partition coefficient (Wildman–Crippen LogP) is 4.09. The van der Waals surface area contributed by atoms with Crippen LogP contribution >= 0.6 is 0 Å². The molecule has 3 rings (SSSR count). The number of Topliss-reactive ketones (excluding diaryl/α,β-unsaturated/α-hetero) is 1. The third-order valence-electron chi connectivity index (χ3n) is 6.66. The van der Waals surface area contributed by atoms with Crippen LogP contribution in [0.2, 0.25) is 0 Å². The Morgan fingerprint density at radius 3 is 2.65 bits per heavy atom. The van der Waals surface area contributed by atoms with Crippen molar-refractivity contribution in [1.29, 1.82) is 0 Å². The SMILES string of the molecule is CC1(C)C(=O)CC[C@]2(C)C3=CCCC[C@]3(C=O)CC[C@@H]12. The summed E-state index contributed by atoms with van der Waals surface area (Å²) in [5.41, 5.74) is 0.986. The van der Waals surface area contributed by atoms with Crippen molar-refractivity contribution in [1.82, 2.24) is 0 Å². The molecule has 0 saturated heterocycles. The molecule has 3 atom stereocenters. The van der Waals surface area contributed by atoms with Gasteiger partial charge in [0.15, 0.2) is 0 Å². The summed E-state index contributed by atoms with van der Waals surface area (Å²) in [5, 5.41) is 0. The Morgan fingerprint density at radius 2 is 1.95 bits per heavy atom. The lowest BCUT2D eigenvalue weighted by atomic mass is 9.44. The summed E-state index contributed by atoms with van der Waals surface area (Å²) in [4.78, 5) is 24.2. The molecule has 0 unspecified atom stereocenters. The zero-order valence-corrected chi connectivity index (χ0v) is 13.0. The highest BCUT2D eigenvalue weighted by Gasteiger charge is 2.59. The number of fused-ring (bicyclic) bond motifs is 3. The lowest BCUT2D eigenvalue weighted by Crippen LogP contribution is -2.55. The maximum Gasteiger partial charge on any atom is 0.138 e. The molecule has 0 aliphatic heterocycles. The van der Waals surface area contributed by atoms with Gasteiger partial charge in [0, 0.05) is 17.3 Å². The molecule has 0 aromatic carbocycles. The smallest absolute Gasteiger partial charge is 0.138 e. The van der Waals surface area contributed by atoms with Gasteiger partial charge < -0.3 is 4.79 Å². The van der Waals surface area contributed by atoms with E-state index in [1.54, 1.807) is 0 Å². The second-order valence-corrected chi connectivity index (χ2v) is 7.94. The highest BCUT2D eigenvalue weighted by Crippen LogP contribution is 2.64. The zero-order chi connectivity index (χ0) is 14.6. The van der Waals surface area contributed by atoms with Gasteiger partial charge >= 0.3 is 0 Å². The highest BCUT2D eigenvalue weighted by molar-refractivity contribution is 5.86. The van der Waals surface area contributed by atoms with Crippen molar-refractivity contribution in [2.45, 2.75) is 65.7 Å². The van der Waals surface area contributed by atoms with Gasteiger partial charge in [-0.15, -0.1) is 0 Å². The Kier molecular flexibility index (Phi) is 3.01.